The second-order valence-electron chi connectivity index (χ2n) is 12.3. The number of amides is 1. The molecule has 1 saturated heterocycles. The fraction of sp³-hybridized carbons (Fsp3) is 0.625. The Morgan fingerprint density at radius 1 is 1.18 bits per heavy atom. The van der Waals surface area contributed by atoms with E-state index in [0.29, 0.717) is 6.42 Å². The Kier molecular flexibility index (Phi) is 10.8. The number of hydrogen-bond donors (Lipinski definition) is 4. The van der Waals surface area contributed by atoms with Crippen LogP contribution in [0.15, 0.2) is 42.1 Å². The number of carboxylic acids is 1. The van der Waals surface area contributed by atoms with Gasteiger partial charge < -0.3 is 44.2 Å². The number of nitrogens with one attached hydrogen (secondary N) is 2. The van der Waals surface area contributed by atoms with Crippen molar-refractivity contribution < 1.29 is 53.1 Å². The van der Waals surface area contributed by atoms with E-state index in [2.05, 4.69) is 10.3 Å². The van der Waals surface area contributed by atoms with Crippen LogP contribution in [0.4, 0.5) is 4.79 Å². The van der Waals surface area contributed by atoms with Gasteiger partial charge in [0.1, 0.15) is 36.7 Å². The molecule has 3 heterocycles. The van der Waals surface area contributed by atoms with Gasteiger partial charge in [0.25, 0.3) is 0 Å². The standard InChI is InChI=1S/C32H44N2O11/c1-16-12-17(2)32-14-21(28(45-32)27(18(3)19(4)35)44-29(38)23-8-7-11-33-23)9-10-22(32)13-24(41-6)30(39)43-26(16)20(5)42-31(40)34-15-25(36)37/h7-12,16,18-22,24,26-28,33,35H,13-15H2,1-6H3,(H,34,40)(H,36,37)/b17-12+/t16-,18-,19+,20-,21-,22-,24+,26+,27-,28-,32+/m1/s1. The van der Waals surface area contributed by atoms with Crippen LogP contribution in [0, 0.1) is 23.7 Å². The summed E-state index contributed by atoms with van der Waals surface area (Å²) in [5.74, 6) is -3.81. The lowest BCUT2D eigenvalue weighted by Gasteiger charge is -2.41. The highest BCUT2D eigenvalue weighted by molar-refractivity contribution is 5.87. The molecule has 11 atom stereocenters. The van der Waals surface area contributed by atoms with Crippen molar-refractivity contribution >= 4 is 24.0 Å². The topological polar surface area (TPSA) is 183 Å². The van der Waals surface area contributed by atoms with Crippen LogP contribution in [0.1, 0.15) is 57.9 Å². The van der Waals surface area contributed by atoms with Crippen molar-refractivity contribution in [2.45, 2.75) is 89.7 Å². The molecular formula is C32H44N2O11. The van der Waals surface area contributed by atoms with E-state index < -0.39 is 84.6 Å². The molecule has 4 rings (SSSR count). The zero-order valence-electron chi connectivity index (χ0n) is 26.4. The number of H-pyrrole nitrogens is 1. The normalized spacial score (nSPS) is 33.3. The number of carbonyl (C=O) groups is 4. The first-order valence-corrected chi connectivity index (χ1v) is 15.2. The molecule has 0 aromatic carbocycles. The maximum Gasteiger partial charge on any atom is 0.408 e. The predicted octanol–water partition coefficient (Wildman–Crippen LogP) is 3.00. The summed E-state index contributed by atoms with van der Waals surface area (Å²) in [5, 5.41) is 21.6. The van der Waals surface area contributed by atoms with Crippen LogP contribution in [0.3, 0.4) is 0 Å². The predicted molar refractivity (Wildman–Crippen MR) is 159 cm³/mol. The van der Waals surface area contributed by atoms with Crippen LogP contribution in [0.2, 0.25) is 0 Å². The summed E-state index contributed by atoms with van der Waals surface area (Å²) in [6.45, 7) is 8.17. The number of aliphatic carboxylic acids is 1. The Bertz CT molecular complexity index is 1290. The molecule has 1 aliphatic carbocycles. The third-order valence-electron chi connectivity index (χ3n) is 9.27. The maximum absolute atomic E-state index is 13.4. The van der Waals surface area contributed by atoms with Gasteiger partial charge in [-0.2, -0.15) is 0 Å². The second kappa shape index (κ2) is 14.2. The second-order valence-corrected chi connectivity index (χ2v) is 12.3. The fourth-order valence-corrected chi connectivity index (χ4v) is 6.63. The monoisotopic (exact) mass is 632 g/mol. The van der Waals surface area contributed by atoms with E-state index >= 15 is 0 Å². The Balaban J connectivity index is 1.67. The summed E-state index contributed by atoms with van der Waals surface area (Å²) in [7, 11) is 1.42. The van der Waals surface area contributed by atoms with Crippen molar-refractivity contribution in [3.05, 3.63) is 47.8 Å². The number of fused-ring (bicyclic) bond motifs is 1. The highest BCUT2D eigenvalue weighted by Gasteiger charge is 2.57. The Hall–Kier alpha value is -3.68. The molecule has 2 aliphatic heterocycles. The summed E-state index contributed by atoms with van der Waals surface area (Å²) < 4.78 is 29.8. The lowest BCUT2D eigenvalue weighted by molar-refractivity contribution is -0.172. The van der Waals surface area contributed by atoms with Crippen LogP contribution >= 0.6 is 0 Å². The quantitative estimate of drug-likeness (QED) is 0.169. The smallest absolute Gasteiger partial charge is 0.408 e. The number of methoxy groups -OCH3 is 1. The number of cyclic esters (lactones) is 1. The van der Waals surface area contributed by atoms with Gasteiger partial charge in [-0.3, -0.25) is 4.79 Å². The van der Waals surface area contributed by atoms with E-state index in [1.165, 1.54) is 7.11 Å². The summed E-state index contributed by atoms with van der Waals surface area (Å²) in [4.78, 5) is 52.4. The van der Waals surface area contributed by atoms with Gasteiger partial charge in [0.05, 0.1) is 11.7 Å². The average molecular weight is 633 g/mol. The Morgan fingerprint density at radius 3 is 2.53 bits per heavy atom. The SMILES string of the molecule is CO[C@H]1C[C@H]2C=C[C@@H]3C[C@]2(O[C@H]3[C@H](OC(=O)c2ccc[nH]2)[C@H](C)[C@H](C)O)/C(C)=C/[C@@H](C)[C@@H]([C@@H](C)OC(=O)NCC(=O)O)OC1=O. The number of aliphatic hydroxyl groups is 1. The zero-order valence-corrected chi connectivity index (χ0v) is 26.4. The number of aliphatic hydroxyl groups excluding tert-OH is 1. The fourth-order valence-electron chi connectivity index (χ4n) is 6.63. The minimum atomic E-state index is -1.23. The minimum absolute atomic E-state index is 0.158. The lowest BCUT2D eigenvalue weighted by atomic mass is 9.69. The molecule has 0 radical (unpaired) electrons. The summed E-state index contributed by atoms with van der Waals surface area (Å²) in [5.41, 5.74) is 0.251. The first-order chi connectivity index (χ1) is 21.3. The number of hydrogen-bond acceptors (Lipinski definition) is 10. The first kappa shape index (κ1) is 34.2. The zero-order chi connectivity index (χ0) is 33.1. The molecule has 13 nitrogen and oxygen atoms in total. The molecule has 0 unspecified atom stereocenters. The molecule has 13 heteroatoms. The van der Waals surface area contributed by atoms with Crippen LogP contribution in [0.5, 0.6) is 0 Å². The van der Waals surface area contributed by atoms with Gasteiger partial charge >= 0.3 is 24.0 Å². The van der Waals surface area contributed by atoms with Crippen LogP contribution in [-0.4, -0.2) is 95.1 Å². The molecule has 3 aliphatic rings. The highest BCUT2D eigenvalue weighted by Crippen LogP contribution is 2.53. The van der Waals surface area contributed by atoms with E-state index in [1.54, 1.807) is 32.2 Å². The van der Waals surface area contributed by atoms with Crippen LogP contribution in [0.25, 0.3) is 0 Å². The number of aromatic nitrogens is 1. The number of carbonyl (C=O) groups excluding carboxylic acids is 3. The van der Waals surface area contributed by atoms with E-state index in [1.807, 2.05) is 39.0 Å². The summed E-state index contributed by atoms with van der Waals surface area (Å²) >= 11 is 0. The lowest BCUT2D eigenvalue weighted by Crippen LogP contribution is -2.48. The average Bonchev–Trinajstić information content (AvgIpc) is 3.64. The summed E-state index contributed by atoms with van der Waals surface area (Å²) in [6, 6.07) is 3.31. The molecule has 1 fully saturated rings. The van der Waals surface area contributed by atoms with Gasteiger partial charge in [0.15, 0.2) is 6.10 Å². The molecule has 2 bridgehead atoms. The number of rotatable bonds is 10. The number of aromatic amines is 1. The number of ether oxygens (including phenoxy) is 5. The molecule has 1 aromatic heterocycles. The third-order valence-corrected chi connectivity index (χ3v) is 9.27. The largest absolute Gasteiger partial charge is 0.480 e. The van der Waals surface area contributed by atoms with Gasteiger partial charge in [0, 0.05) is 37.0 Å². The molecule has 1 spiro atoms. The van der Waals surface area contributed by atoms with Crippen LogP contribution < -0.4 is 5.32 Å². The maximum atomic E-state index is 13.4. The van der Waals surface area contributed by atoms with Crippen molar-refractivity contribution in [1.82, 2.24) is 10.3 Å². The Morgan fingerprint density at radius 2 is 1.91 bits per heavy atom. The number of esters is 2. The Labute approximate surface area is 262 Å². The van der Waals surface area contributed by atoms with Crippen molar-refractivity contribution in [3.63, 3.8) is 0 Å². The number of alkyl carbamates (subject to hydrolysis) is 1. The van der Waals surface area contributed by atoms with Gasteiger partial charge in [0.2, 0.25) is 0 Å². The van der Waals surface area contributed by atoms with E-state index in [-0.39, 0.29) is 24.0 Å². The minimum Gasteiger partial charge on any atom is -0.480 e. The van der Waals surface area contributed by atoms with Crippen molar-refractivity contribution in [2.75, 3.05) is 13.7 Å². The third kappa shape index (κ3) is 7.42. The van der Waals surface area contributed by atoms with E-state index in [0.717, 1.165) is 5.57 Å². The molecule has 0 saturated carbocycles. The molecule has 45 heavy (non-hydrogen) atoms. The molecular weight excluding hydrogens is 588 g/mol. The highest BCUT2D eigenvalue weighted by atomic mass is 16.6. The van der Waals surface area contributed by atoms with E-state index in [9.17, 15) is 24.3 Å². The van der Waals surface area contributed by atoms with Crippen molar-refractivity contribution in [1.29, 1.82) is 0 Å². The molecule has 1 aromatic rings. The molecule has 248 valence electrons. The summed E-state index contributed by atoms with van der Waals surface area (Å²) in [6.07, 6.45) is 2.40. The van der Waals surface area contributed by atoms with E-state index in [4.69, 9.17) is 28.8 Å². The molecule has 4 N–H and O–H groups in total. The van der Waals surface area contributed by atoms with Gasteiger partial charge in [-0.25, -0.2) is 14.4 Å². The first-order valence-electron chi connectivity index (χ1n) is 15.2. The van der Waals surface area contributed by atoms with Gasteiger partial charge in [-0.05, 0) is 51.3 Å². The van der Waals surface area contributed by atoms with Crippen molar-refractivity contribution in [2.24, 2.45) is 23.7 Å². The number of carboxylic acid groups (broad SMARTS) is 1. The molecule has 1 amide bonds. The van der Waals surface area contributed by atoms with Crippen molar-refractivity contribution in [3.8, 4) is 0 Å². The van der Waals surface area contributed by atoms with Gasteiger partial charge in [-0.1, -0.05) is 32.1 Å². The van der Waals surface area contributed by atoms with Gasteiger partial charge in [-0.15, -0.1) is 0 Å². The van der Waals surface area contributed by atoms with Crippen LogP contribution in [-0.2, 0) is 33.3 Å².